The highest BCUT2D eigenvalue weighted by Crippen LogP contribution is 1.95. The molecule has 0 spiro atoms. The van der Waals surface area contributed by atoms with Gasteiger partial charge in [0.2, 0.25) is 0 Å². The fraction of sp³-hybridized carbons (Fsp3) is 1.00. The van der Waals surface area contributed by atoms with Gasteiger partial charge in [-0.25, -0.2) is 0 Å². The molecule has 0 aliphatic carbocycles. The SMILES string of the molecule is CCOS(=O)OS(=O)OCC. The van der Waals surface area contributed by atoms with E-state index in [1.54, 1.807) is 13.8 Å². The fourth-order valence-electron chi connectivity index (χ4n) is 0.277. The monoisotopic (exact) mass is 202 g/mol. The molecule has 0 fully saturated rings. The maximum Gasteiger partial charge on any atom is 0.320 e. The van der Waals surface area contributed by atoms with Crippen molar-refractivity contribution in [2.45, 2.75) is 13.8 Å². The second-order valence-electron chi connectivity index (χ2n) is 1.29. The van der Waals surface area contributed by atoms with Crippen LogP contribution in [0.1, 0.15) is 13.8 Å². The summed E-state index contributed by atoms with van der Waals surface area (Å²) >= 11 is -3.95. The van der Waals surface area contributed by atoms with Crippen molar-refractivity contribution in [3.05, 3.63) is 0 Å². The molecule has 7 heteroatoms. The molecular weight excluding hydrogens is 192 g/mol. The van der Waals surface area contributed by atoms with Crippen LogP contribution in [0.2, 0.25) is 0 Å². The van der Waals surface area contributed by atoms with Crippen molar-refractivity contribution in [1.82, 2.24) is 0 Å². The third-order valence-electron chi connectivity index (χ3n) is 0.539. The summed E-state index contributed by atoms with van der Waals surface area (Å²) in [6.07, 6.45) is 0. The van der Waals surface area contributed by atoms with Crippen molar-refractivity contribution in [3.63, 3.8) is 0 Å². The summed E-state index contributed by atoms with van der Waals surface area (Å²) in [4.78, 5) is 0. The molecule has 0 aromatic carbocycles. The molecule has 68 valence electrons. The first-order valence-corrected chi connectivity index (χ1v) is 4.99. The molecule has 0 saturated heterocycles. The summed E-state index contributed by atoms with van der Waals surface area (Å²) in [6, 6.07) is 0. The van der Waals surface area contributed by atoms with Gasteiger partial charge in [-0.1, -0.05) is 0 Å². The van der Waals surface area contributed by atoms with Crippen LogP contribution >= 0.6 is 0 Å². The summed E-state index contributed by atoms with van der Waals surface area (Å²) in [6.45, 7) is 3.75. The largest absolute Gasteiger partial charge is 0.320 e. The highest BCUT2D eigenvalue weighted by molar-refractivity contribution is 7.88. The van der Waals surface area contributed by atoms with Crippen LogP contribution < -0.4 is 0 Å². The lowest BCUT2D eigenvalue weighted by Gasteiger charge is -1.98. The van der Waals surface area contributed by atoms with E-state index in [1.807, 2.05) is 0 Å². The van der Waals surface area contributed by atoms with Crippen LogP contribution in [0.25, 0.3) is 0 Å². The summed E-state index contributed by atoms with van der Waals surface area (Å²) in [5.41, 5.74) is 0. The van der Waals surface area contributed by atoms with Gasteiger partial charge >= 0.3 is 22.7 Å². The Hall–Kier alpha value is 0.180. The normalized spacial score (nSPS) is 16.2. The van der Waals surface area contributed by atoms with E-state index < -0.39 is 22.7 Å². The van der Waals surface area contributed by atoms with Crippen molar-refractivity contribution in [1.29, 1.82) is 0 Å². The number of rotatable bonds is 6. The zero-order valence-corrected chi connectivity index (χ0v) is 7.90. The molecule has 0 N–H and O–H groups in total. The third kappa shape index (κ3) is 6.57. The molecule has 0 aliphatic rings. The Bertz CT molecular complexity index is 131. The van der Waals surface area contributed by atoms with Gasteiger partial charge in [0.25, 0.3) is 0 Å². The first-order chi connectivity index (χ1) is 5.20. The van der Waals surface area contributed by atoms with Gasteiger partial charge in [-0.05, 0) is 13.8 Å². The van der Waals surface area contributed by atoms with E-state index in [4.69, 9.17) is 0 Å². The first kappa shape index (κ1) is 11.2. The second-order valence-corrected chi connectivity index (χ2v) is 3.12. The third-order valence-corrected chi connectivity index (χ3v) is 2.28. The summed E-state index contributed by atoms with van der Waals surface area (Å²) in [5, 5.41) is 0. The minimum atomic E-state index is -1.98. The Morgan fingerprint density at radius 1 is 1.00 bits per heavy atom. The number of hydrogen-bond acceptors (Lipinski definition) is 5. The zero-order valence-electron chi connectivity index (χ0n) is 6.27. The van der Waals surface area contributed by atoms with Crippen molar-refractivity contribution in [3.8, 4) is 0 Å². The Morgan fingerprint density at radius 3 is 1.64 bits per heavy atom. The van der Waals surface area contributed by atoms with E-state index in [2.05, 4.69) is 12.0 Å². The van der Waals surface area contributed by atoms with Crippen LogP contribution in [0, 0.1) is 0 Å². The van der Waals surface area contributed by atoms with Crippen molar-refractivity contribution in [2.75, 3.05) is 13.2 Å². The molecule has 0 bridgehead atoms. The van der Waals surface area contributed by atoms with Crippen molar-refractivity contribution in [2.24, 2.45) is 0 Å². The summed E-state index contributed by atoms with van der Waals surface area (Å²) in [7, 11) is 0. The van der Waals surface area contributed by atoms with Gasteiger partial charge < -0.3 is 0 Å². The molecule has 0 rings (SSSR count). The van der Waals surface area contributed by atoms with Crippen molar-refractivity contribution < 1.29 is 20.4 Å². The summed E-state index contributed by atoms with van der Waals surface area (Å²) < 4.78 is 34.1. The molecule has 0 aromatic heterocycles. The van der Waals surface area contributed by atoms with Gasteiger partial charge in [0.1, 0.15) is 0 Å². The second kappa shape index (κ2) is 6.86. The summed E-state index contributed by atoms with van der Waals surface area (Å²) in [5.74, 6) is 0. The lowest BCUT2D eigenvalue weighted by molar-refractivity contribution is 0.300. The van der Waals surface area contributed by atoms with E-state index in [1.165, 1.54) is 0 Å². The van der Waals surface area contributed by atoms with Gasteiger partial charge in [-0.3, -0.25) is 8.37 Å². The van der Waals surface area contributed by atoms with Crippen LogP contribution in [-0.2, 0) is 34.7 Å². The molecule has 0 unspecified atom stereocenters. The molecule has 0 aromatic rings. The van der Waals surface area contributed by atoms with E-state index >= 15 is 0 Å². The van der Waals surface area contributed by atoms with Gasteiger partial charge in [-0.2, -0.15) is 8.42 Å². The molecule has 0 radical (unpaired) electrons. The Balaban J connectivity index is 3.49. The minimum absolute atomic E-state index is 0.232. The highest BCUT2D eigenvalue weighted by atomic mass is 32.3. The molecular formula is C4H10O5S2. The van der Waals surface area contributed by atoms with E-state index in [-0.39, 0.29) is 13.2 Å². The van der Waals surface area contributed by atoms with E-state index in [9.17, 15) is 8.42 Å². The maximum absolute atomic E-state index is 10.5. The highest BCUT2D eigenvalue weighted by Gasteiger charge is 2.06. The lowest BCUT2D eigenvalue weighted by atomic mass is 10.9. The zero-order chi connectivity index (χ0) is 8.69. The van der Waals surface area contributed by atoms with Gasteiger partial charge in [0, 0.05) is 0 Å². The Kier molecular flexibility index (Phi) is 6.98. The van der Waals surface area contributed by atoms with Crippen LogP contribution in [-0.4, -0.2) is 21.6 Å². The molecule has 0 atom stereocenters. The standard InChI is InChI=1S/C4H10O5S2/c1-3-7-10(5)9-11(6)8-4-2/h3-4H2,1-2H3. The predicted octanol–water partition coefficient (Wildman–Crippen LogP) is 0.233. The first-order valence-electron chi connectivity index (χ1n) is 2.99. The molecule has 0 saturated carbocycles. The smallest absolute Gasteiger partial charge is 0.268 e. The average Bonchev–Trinajstić information content (AvgIpc) is 1.87. The molecule has 0 amide bonds. The van der Waals surface area contributed by atoms with Gasteiger partial charge in [0.05, 0.1) is 13.2 Å². The lowest BCUT2D eigenvalue weighted by Crippen LogP contribution is -2.07. The topological polar surface area (TPSA) is 61.8 Å². The Labute approximate surface area is 70.8 Å². The van der Waals surface area contributed by atoms with Crippen LogP contribution in [0.5, 0.6) is 0 Å². The molecule has 5 nitrogen and oxygen atoms in total. The fourth-order valence-corrected chi connectivity index (χ4v) is 1.34. The van der Waals surface area contributed by atoms with Crippen LogP contribution in [0.15, 0.2) is 0 Å². The maximum atomic E-state index is 10.5. The van der Waals surface area contributed by atoms with E-state index in [0.717, 1.165) is 0 Å². The van der Waals surface area contributed by atoms with Gasteiger partial charge in [-0.15, -0.1) is 3.63 Å². The quantitative estimate of drug-likeness (QED) is 0.617. The Morgan fingerprint density at radius 2 is 1.36 bits per heavy atom. The molecule has 0 aliphatic heterocycles. The predicted molar refractivity (Wildman–Crippen MR) is 40.6 cm³/mol. The van der Waals surface area contributed by atoms with Gasteiger partial charge in [0.15, 0.2) is 0 Å². The molecule has 11 heavy (non-hydrogen) atoms. The van der Waals surface area contributed by atoms with E-state index in [0.29, 0.717) is 0 Å². The van der Waals surface area contributed by atoms with Crippen LogP contribution in [0.3, 0.4) is 0 Å². The van der Waals surface area contributed by atoms with Crippen LogP contribution in [0.4, 0.5) is 0 Å². The molecule has 0 heterocycles. The number of hydrogen-bond donors (Lipinski definition) is 0. The van der Waals surface area contributed by atoms with Crippen molar-refractivity contribution >= 4 is 22.7 Å². The average molecular weight is 202 g/mol. The minimum Gasteiger partial charge on any atom is -0.268 e.